The second kappa shape index (κ2) is 5.54. The molecule has 1 rings (SSSR count). The van der Waals surface area contributed by atoms with Crippen molar-refractivity contribution in [2.75, 3.05) is 13.2 Å². The van der Waals surface area contributed by atoms with Gasteiger partial charge in [0.25, 0.3) is 0 Å². The van der Waals surface area contributed by atoms with Crippen molar-refractivity contribution >= 4 is 5.78 Å². The number of hydrogen-bond donors (Lipinski definition) is 0. The summed E-state index contributed by atoms with van der Waals surface area (Å²) in [5, 5.41) is 0. The number of hydrogen-bond acceptors (Lipinski definition) is 3. The Morgan fingerprint density at radius 2 is 1.81 bits per heavy atom. The van der Waals surface area contributed by atoms with Crippen LogP contribution in [0.2, 0.25) is 0 Å². The lowest BCUT2D eigenvalue weighted by molar-refractivity contribution is 0.101. The Morgan fingerprint density at radius 3 is 2.31 bits per heavy atom. The van der Waals surface area contributed by atoms with E-state index in [4.69, 9.17) is 9.47 Å². The molecule has 0 unspecified atom stereocenters. The Hall–Kier alpha value is -1.51. The van der Waals surface area contributed by atoms with Crippen LogP contribution in [-0.4, -0.2) is 19.0 Å². The third-order valence-corrected chi connectivity index (χ3v) is 2.32. The second-order valence-corrected chi connectivity index (χ2v) is 3.49. The molecule has 0 radical (unpaired) electrons. The van der Waals surface area contributed by atoms with Gasteiger partial charge in [0, 0.05) is 5.56 Å². The van der Waals surface area contributed by atoms with Crippen LogP contribution in [0.1, 0.15) is 36.7 Å². The first-order valence-corrected chi connectivity index (χ1v) is 5.51. The highest BCUT2D eigenvalue weighted by Gasteiger charge is 2.14. The Bertz CT molecular complexity index is 383. The summed E-state index contributed by atoms with van der Waals surface area (Å²) in [6.07, 6.45) is 0. The van der Waals surface area contributed by atoms with Gasteiger partial charge in [-0.05, 0) is 39.8 Å². The molecule has 0 aliphatic carbocycles. The maximum Gasteiger partial charge on any atom is 0.163 e. The van der Waals surface area contributed by atoms with E-state index in [1.54, 1.807) is 6.07 Å². The third kappa shape index (κ3) is 2.54. The van der Waals surface area contributed by atoms with Crippen molar-refractivity contribution in [1.29, 1.82) is 0 Å². The zero-order valence-corrected chi connectivity index (χ0v) is 10.3. The van der Waals surface area contributed by atoms with Crippen LogP contribution >= 0.6 is 0 Å². The van der Waals surface area contributed by atoms with Crippen LogP contribution in [0.4, 0.5) is 0 Å². The molecule has 0 spiro atoms. The first kappa shape index (κ1) is 12.6. The minimum absolute atomic E-state index is 0.00889. The van der Waals surface area contributed by atoms with Crippen LogP contribution in [0, 0.1) is 6.92 Å². The van der Waals surface area contributed by atoms with Crippen molar-refractivity contribution in [3.05, 3.63) is 23.3 Å². The summed E-state index contributed by atoms with van der Waals surface area (Å²) in [7, 11) is 0. The zero-order chi connectivity index (χ0) is 12.1. The predicted molar refractivity (Wildman–Crippen MR) is 63.5 cm³/mol. The van der Waals surface area contributed by atoms with Crippen molar-refractivity contribution in [1.82, 2.24) is 0 Å². The number of ketones is 1. The molecule has 1 aromatic carbocycles. The van der Waals surface area contributed by atoms with Crippen LogP contribution in [0.15, 0.2) is 12.1 Å². The molecule has 0 bridgehead atoms. The maximum atomic E-state index is 11.4. The van der Waals surface area contributed by atoms with Crippen molar-refractivity contribution in [2.24, 2.45) is 0 Å². The van der Waals surface area contributed by atoms with Crippen molar-refractivity contribution < 1.29 is 14.3 Å². The van der Waals surface area contributed by atoms with E-state index >= 15 is 0 Å². The smallest absolute Gasteiger partial charge is 0.163 e. The van der Waals surface area contributed by atoms with E-state index in [0.29, 0.717) is 24.5 Å². The third-order valence-electron chi connectivity index (χ3n) is 2.32. The highest BCUT2D eigenvalue weighted by atomic mass is 16.5. The van der Waals surface area contributed by atoms with Crippen molar-refractivity contribution in [3.8, 4) is 11.5 Å². The van der Waals surface area contributed by atoms with Gasteiger partial charge in [0.05, 0.1) is 18.8 Å². The number of ether oxygens (including phenoxy) is 2. The van der Waals surface area contributed by atoms with Gasteiger partial charge in [0.1, 0.15) is 11.5 Å². The molecule has 0 saturated heterocycles. The van der Waals surface area contributed by atoms with Crippen molar-refractivity contribution in [3.63, 3.8) is 0 Å². The quantitative estimate of drug-likeness (QED) is 0.718. The molecule has 3 heteroatoms. The lowest BCUT2D eigenvalue weighted by atomic mass is 10.1. The average Bonchev–Trinajstić information content (AvgIpc) is 2.24. The molecule has 0 fully saturated rings. The fourth-order valence-corrected chi connectivity index (χ4v) is 1.59. The van der Waals surface area contributed by atoms with Gasteiger partial charge in [-0.1, -0.05) is 0 Å². The van der Waals surface area contributed by atoms with Crippen molar-refractivity contribution in [2.45, 2.75) is 27.7 Å². The minimum Gasteiger partial charge on any atom is -0.493 e. The van der Waals surface area contributed by atoms with Gasteiger partial charge in [-0.25, -0.2) is 0 Å². The molecule has 88 valence electrons. The Labute approximate surface area is 96.4 Å². The van der Waals surface area contributed by atoms with E-state index in [1.165, 1.54) is 6.92 Å². The monoisotopic (exact) mass is 222 g/mol. The molecule has 0 aromatic heterocycles. The van der Waals surface area contributed by atoms with Gasteiger partial charge in [-0.3, -0.25) is 4.79 Å². The lowest BCUT2D eigenvalue weighted by Crippen LogP contribution is -2.04. The number of rotatable bonds is 5. The molecule has 16 heavy (non-hydrogen) atoms. The summed E-state index contributed by atoms with van der Waals surface area (Å²) in [5.74, 6) is 1.42. The number of carbonyl (C=O) groups excluding carboxylic acids is 1. The van der Waals surface area contributed by atoms with Crippen LogP contribution < -0.4 is 9.47 Å². The molecule has 0 aliphatic rings. The van der Waals surface area contributed by atoms with E-state index in [-0.39, 0.29) is 5.78 Å². The fraction of sp³-hybridized carbons (Fsp3) is 0.462. The van der Waals surface area contributed by atoms with Gasteiger partial charge in [-0.15, -0.1) is 0 Å². The van der Waals surface area contributed by atoms with E-state index in [0.717, 1.165) is 11.3 Å². The van der Waals surface area contributed by atoms with Crippen LogP contribution in [0.25, 0.3) is 0 Å². The fourth-order valence-electron chi connectivity index (χ4n) is 1.59. The van der Waals surface area contributed by atoms with E-state index in [2.05, 4.69) is 0 Å². The molecule has 0 amide bonds. The van der Waals surface area contributed by atoms with Gasteiger partial charge >= 0.3 is 0 Å². The largest absolute Gasteiger partial charge is 0.493 e. The van der Waals surface area contributed by atoms with Gasteiger partial charge in [0.2, 0.25) is 0 Å². The molecule has 1 aromatic rings. The zero-order valence-electron chi connectivity index (χ0n) is 10.3. The second-order valence-electron chi connectivity index (χ2n) is 3.49. The molecule has 0 saturated carbocycles. The Kier molecular flexibility index (Phi) is 4.35. The van der Waals surface area contributed by atoms with E-state index in [9.17, 15) is 4.79 Å². The van der Waals surface area contributed by atoms with Gasteiger partial charge in [0.15, 0.2) is 5.78 Å². The van der Waals surface area contributed by atoms with Gasteiger partial charge < -0.3 is 9.47 Å². The van der Waals surface area contributed by atoms with E-state index < -0.39 is 0 Å². The molecule has 3 nitrogen and oxygen atoms in total. The van der Waals surface area contributed by atoms with E-state index in [1.807, 2.05) is 26.8 Å². The molecular formula is C13H18O3. The lowest BCUT2D eigenvalue weighted by Gasteiger charge is -2.15. The number of benzene rings is 1. The summed E-state index contributed by atoms with van der Waals surface area (Å²) in [6.45, 7) is 8.41. The highest BCUT2D eigenvalue weighted by Crippen LogP contribution is 2.31. The Morgan fingerprint density at radius 1 is 1.19 bits per heavy atom. The normalized spacial score (nSPS) is 10.0. The molecular weight excluding hydrogens is 204 g/mol. The average molecular weight is 222 g/mol. The summed E-state index contributed by atoms with van der Waals surface area (Å²) in [4.78, 5) is 11.4. The Balaban J connectivity index is 3.23. The maximum absolute atomic E-state index is 11.4. The first-order valence-electron chi connectivity index (χ1n) is 5.51. The SMILES string of the molecule is CCOc1ccc(C(C)=O)c(OCC)c1C. The standard InChI is InChI=1S/C13H18O3/c1-5-15-12-8-7-11(10(4)14)13(9(12)3)16-6-2/h7-8H,5-6H2,1-4H3. The molecule has 0 atom stereocenters. The molecule has 0 aliphatic heterocycles. The minimum atomic E-state index is 0.00889. The summed E-state index contributed by atoms with van der Waals surface area (Å²) in [6, 6.07) is 3.57. The first-order chi connectivity index (χ1) is 7.61. The molecule has 0 N–H and O–H groups in total. The number of Topliss-reactive ketones (excluding diaryl/α,β-unsaturated/α-hetero) is 1. The van der Waals surface area contributed by atoms with Gasteiger partial charge in [-0.2, -0.15) is 0 Å². The van der Waals surface area contributed by atoms with Crippen LogP contribution in [0.5, 0.6) is 11.5 Å². The summed E-state index contributed by atoms with van der Waals surface area (Å²) >= 11 is 0. The number of carbonyl (C=O) groups is 1. The van der Waals surface area contributed by atoms with Crippen LogP contribution in [-0.2, 0) is 0 Å². The predicted octanol–water partition coefficient (Wildman–Crippen LogP) is 3.00. The molecule has 0 heterocycles. The summed E-state index contributed by atoms with van der Waals surface area (Å²) in [5.41, 5.74) is 1.50. The van der Waals surface area contributed by atoms with Crippen LogP contribution in [0.3, 0.4) is 0 Å². The highest BCUT2D eigenvalue weighted by molar-refractivity contribution is 5.97. The topological polar surface area (TPSA) is 35.5 Å². The summed E-state index contributed by atoms with van der Waals surface area (Å²) < 4.78 is 11.0.